The highest BCUT2D eigenvalue weighted by atomic mass is 32.1. The third-order valence-corrected chi connectivity index (χ3v) is 3.20. The van der Waals surface area contributed by atoms with Crippen molar-refractivity contribution in [1.82, 2.24) is 10.5 Å². The minimum absolute atomic E-state index is 0.514. The highest BCUT2D eigenvalue weighted by molar-refractivity contribution is 7.80. The summed E-state index contributed by atoms with van der Waals surface area (Å²) in [5.74, 6) is 1.45. The second-order valence-corrected chi connectivity index (χ2v) is 4.73. The molecule has 1 heterocycles. The van der Waals surface area contributed by atoms with E-state index in [1.54, 1.807) is 14.2 Å². The summed E-state index contributed by atoms with van der Waals surface area (Å²) in [4.78, 5) is 0. The number of methoxy groups -OCH3 is 1. The van der Waals surface area contributed by atoms with Crippen molar-refractivity contribution in [3.05, 3.63) is 41.3 Å². The average molecular weight is 303 g/mol. The van der Waals surface area contributed by atoms with E-state index in [-0.39, 0.29) is 0 Å². The van der Waals surface area contributed by atoms with Gasteiger partial charge in [-0.1, -0.05) is 23.4 Å². The Hall–Kier alpha value is -2.34. The number of anilines is 1. The molecule has 110 valence electrons. The molecule has 2 N–H and O–H groups in total. The summed E-state index contributed by atoms with van der Waals surface area (Å²) in [6, 6.07) is 7.73. The summed E-state index contributed by atoms with van der Waals surface area (Å²) < 4.78 is 10.4. The number of benzene rings is 1. The maximum atomic E-state index is 5.30. The Balaban J connectivity index is 2.18. The van der Waals surface area contributed by atoms with Crippen molar-refractivity contribution in [2.75, 3.05) is 19.5 Å². The third kappa shape index (κ3) is 3.82. The molecule has 1 aromatic carbocycles. The molecule has 21 heavy (non-hydrogen) atoms. The van der Waals surface area contributed by atoms with Crippen molar-refractivity contribution < 1.29 is 9.26 Å². The second-order valence-electron chi connectivity index (χ2n) is 4.32. The van der Waals surface area contributed by atoms with Gasteiger partial charge in [-0.05, 0) is 42.9 Å². The highest BCUT2D eigenvalue weighted by Crippen LogP contribution is 2.22. The molecule has 0 unspecified atom stereocenters. The quantitative estimate of drug-likeness (QED) is 0.847. The van der Waals surface area contributed by atoms with Gasteiger partial charge in [0.05, 0.1) is 7.11 Å². The number of nitrogens with one attached hydrogen (secondary N) is 2. The largest absolute Gasteiger partial charge is 0.497 e. The number of hydrogen-bond acceptors (Lipinski definition) is 4. The summed E-state index contributed by atoms with van der Waals surface area (Å²) in [5.41, 5.74) is 2.55. The summed E-state index contributed by atoms with van der Waals surface area (Å²) in [6.45, 7) is 1.86. The fourth-order valence-corrected chi connectivity index (χ4v) is 1.82. The Morgan fingerprint density at radius 1 is 1.29 bits per heavy atom. The van der Waals surface area contributed by atoms with Gasteiger partial charge in [0.2, 0.25) is 0 Å². The Labute approximate surface area is 129 Å². The van der Waals surface area contributed by atoms with E-state index >= 15 is 0 Å². The van der Waals surface area contributed by atoms with Crippen LogP contribution in [0, 0.1) is 6.92 Å². The van der Waals surface area contributed by atoms with Gasteiger partial charge in [0.1, 0.15) is 17.1 Å². The minimum Gasteiger partial charge on any atom is -0.497 e. The van der Waals surface area contributed by atoms with Crippen LogP contribution in [0.3, 0.4) is 0 Å². The van der Waals surface area contributed by atoms with Crippen LogP contribution in [-0.2, 0) is 0 Å². The molecular formula is C15H17N3O2S. The smallest absolute Gasteiger partial charge is 0.183 e. The summed E-state index contributed by atoms with van der Waals surface area (Å²) in [7, 11) is 3.40. The first-order chi connectivity index (χ1) is 10.1. The Kier molecular flexibility index (Phi) is 4.94. The van der Waals surface area contributed by atoms with Crippen LogP contribution < -0.4 is 15.4 Å². The lowest BCUT2D eigenvalue weighted by Crippen LogP contribution is -2.24. The van der Waals surface area contributed by atoms with Crippen LogP contribution in [0.4, 0.5) is 5.69 Å². The van der Waals surface area contributed by atoms with Gasteiger partial charge in [0.15, 0.2) is 10.9 Å². The van der Waals surface area contributed by atoms with Crippen molar-refractivity contribution >= 4 is 35.2 Å². The first kappa shape index (κ1) is 15.1. The molecule has 0 fully saturated rings. The van der Waals surface area contributed by atoms with E-state index in [1.807, 2.05) is 43.3 Å². The van der Waals surface area contributed by atoms with E-state index in [9.17, 15) is 0 Å². The molecule has 1 aromatic heterocycles. The molecule has 2 aromatic rings. The Bertz CT molecular complexity index is 647. The zero-order chi connectivity index (χ0) is 15.2. The fourth-order valence-electron chi connectivity index (χ4n) is 1.72. The van der Waals surface area contributed by atoms with Crippen molar-refractivity contribution in [2.45, 2.75) is 6.92 Å². The normalized spacial score (nSPS) is 10.6. The maximum Gasteiger partial charge on any atom is 0.183 e. The molecule has 0 saturated heterocycles. The fraction of sp³-hybridized carbons (Fsp3) is 0.200. The highest BCUT2D eigenvalue weighted by Gasteiger charge is 2.11. The molecule has 0 saturated carbocycles. The lowest BCUT2D eigenvalue weighted by atomic mass is 10.2. The van der Waals surface area contributed by atoms with Crippen molar-refractivity contribution in [3.63, 3.8) is 0 Å². The SMILES string of the molecule is CNC(=S)Nc1c(C)noc1C=Cc1ccc(OC)cc1. The van der Waals surface area contributed by atoms with E-state index in [0.717, 1.165) is 22.7 Å². The number of aryl methyl sites for hydroxylation is 1. The van der Waals surface area contributed by atoms with Crippen LogP contribution in [0.25, 0.3) is 12.2 Å². The van der Waals surface area contributed by atoms with Crippen molar-refractivity contribution in [1.29, 1.82) is 0 Å². The summed E-state index contributed by atoms with van der Waals surface area (Å²) >= 11 is 5.10. The van der Waals surface area contributed by atoms with Gasteiger partial charge < -0.3 is 19.9 Å². The summed E-state index contributed by atoms with van der Waals surface area (Å²) in [5, 5.41) is 10.4. The number of hydrogen-bond donors (Lipinski definition) is 2. The predicted molar refractivity (Wildman–Crippen MR) is 88.4 cm³/mol. The molecule has 0 radical (unpaired) electrons. The van der Waals surface area contributed by atoms with Gasteiger partial charge >= 0.3 is 0 Å². The number of ether oxygens (including phenoxy) is 1. The van der Waals surface area contributed by atoms with E-state index in [1.165, 1.54) is 0 Å². The molecule has 0 aliphatic rings. The van der Waals surface area contributed by atoms with Crippen LogP contribution >= 0.6 is 12.2 Å². The number of thiocarbonyl (C=S) groups is 1. The lowest BCUT2D eigenvalue weighted by molar-refractivity contribution is 0.408. The van der Waals surface area contributed by atoms with Crippen molar-refractivity contribution in [2.24, 2.45) is 0 Å². The standard InChI is InChI=1S/C15H17N3O2S/c1-10-14(17-15(21)16-2)13(20-18-10)9-6-11-4-7-12(19-3)8-5-11/h4-9H,1-3H3,(H2,16,17,21). The van der Waals surface area contributed by atoms with Crippen LogP contribution in [0.15, 0.2) is 28.8 Å². The lowest BCUT2D eigenvalue weighted by Gasteiger charge is -2.05. The second kappa shape index (κ2) is 6.90. The molecule has 0 atom stereocenters. The van der Waals surface area contributed by atoms with Crippen LogP contribution in [0.5, 0.6) is 5.75 Å². The predicted octanol–water partition coefficient (Wildman–Crippen LogP) is 3.08. The van der Waals surface area contributed by atoms with Crippen molar-refractivity contribution in [3.8, 4) is 5.75 Å². The van der Waals surface area contributed by atoms with E-state index in [0.29, 0.717) is 10.9 Å². The van der Waals surface area contributed by atoms with Gasteiger partial charge in [0, 0.05) is 7.05 Å². The third-order valence-electron chi connectivity index (χ3n) is 2.90. The Morgan fingerprint density at radius 3 is 2.62 bits per heavy atom. The van der Waals surface area contributed by atoms with Crippen LogP contribution in [-0.4, -0.2) is 24.4 Å². The van der Waals surface area contributed by atoms with Crippen LogP contribution in [0.2, 0.25) is 0 Å². The van der Waals surface area contributed by atoms with Crippen LogP contribution in [0.1, 0.15) is 17.0 Å². The molecule has 0 spiro atoms. The molecule has 6 heteroatoms. The van der Waals surface area contributed by atoms with Gasteiger partial charge in [-0.3, -0.25) is 0 Å². The first-order valence-corrected chi connectivity index (χ1v) is 6.82. The zero-order valence-corrected chi connectivity index (χ0v) is 13.0. The molecular weight excluding hydrogens is 286 g/mol. The molecule has 0 aliphatic carbocycles. The number of aromatic nitrogens is 1. The zero-order valence-electron chi connectivity index (χ0n) is 12.1. The molecule has 5 nitrogen and oxygen atoms in total. The van der Waals surface area contributed by atoms with E-state index in [4.69, 9.17) is 21.5 Å². The van der Waals surface area contributed by atoms with Gasteiger partial charge in [-0.2, -0.15) is 0 Å². The maximum absolute atomic E-state index is 5.30. The molecule has 0 bridgehead atoms. The monoisotopic (exact) mass is 303 g/mol. The number of rotatable bonds is 4. The molecule has 0 amide bonds. The number of nitrogens with zero attached hydrogens (tertiary/aromatic N) is 1. The van der Waals surface area contributed by atoms with E-state index in [2.05, 4.69) is 15.8 Å². The average Bonchev–Trinajstić information content (AvgIpc) is 2.86. The minimum atomic E-state index is 0.514. The molecule has 0 aliphatic heterocycles. The van der Waals surface area contributed by atoms with Gasteiger partial charge in [-0.25, -0.2) is 0 Å². The van der Waals surface area contributed by atoms with Gasteiger partial charge in [0.25, 0.3) is 0 Å². The topological polar surface area (TPSA) is 59.3 Å². The first-order valence-electron chi connectivity index (χ1n) is 6.41. The molecule has 2 rings (SSSR count). The summed E-state index contributed by atoms with van der Waals surface area (Å²) in [6.07, 6.45) is 3.79. The van der Waals surface area contributed by atoms with Gasteiger partial charge in [-0.15, -0.1) is 0 Å². The van der Waals surface area contributed by atoms with E-state index < -0.39 is 0 Å². The Morgan fingerprint density at radius 2 is 2.00 bits per heavy atom.